The van der Waals surface area contributed by atoms with E-state index in [2.05, 4.69) is 10.3 Å². The molecule has 0 fully saturated rings. The van der Waals surface area contributed by atoms with Crippen molar-refractivity contribution in [1.82, 2.24) is 5.12 Å². The molecule has 0 bridgehead atoms. The second-order valence-corrected chi connectivity index (χ2v) is 1.18. The normalized spacial score (nSPS) is 18.1. The van der Waals surface area contributed by atoms with Crippen molar-refractivity contribution < 1.29 is 0 Å². The largest absolute Gasteiger partial charge is 0.226 e. The van der Waals surface area contributed by atoms with Crippen LogP contribution in [-0.2, 0) is 0 Å². The van der Waals surface area contributed by atoms with E-state index < -0.39 is 0 Å². The molecule has 1 aliphatic rings. The quantitative estimate of drug-likeness (QED) is 0.435. The van der Waals surface area contributed by atoms with Gasteiger partial charge in [-0.25, -0.2) is 5.84 Å². The lowest BCUT2D eigenvalue weighted by Gasteiger charge is -2.04. The van der Waals surface area contributed by atoms with Gasteiger partial charge in [-0.3, -0.25) is 0 Å². The third kappa shape index (κ3) is 0.972. The van der Waals surface area contributed by atoms with Crippen molar-refractivity contribution in [2.45, 2.75) is 0 Å². The van der Waals surface area contributed by atoms with E-state index in [0.29, 0.717) is 6.54 Å². The van der Waals surface area contributed by atoms with Crippen LogP contribution in [0.5, 0.6) is 0 Å². The van der Waals surface area contributed by atoms with Crippen LogP contribution in [0.25, 0.3) is 0 Å². The molecule has 4 heteroatoms. The first-order chi connectivity index (χ1) is 3.39. The van der Waals surface area contributed by atoms with Gasteiger partial charge in [0.05, 0.1) is 6.54 Å². The predicted molar refractivity (Wildman–Crippen MR) is 24.9 cm³/mol. The zero-order valence-corrected chi connectivity index (χ0v) is 3.78. The molecule has 0 spiro atoms. The molecule has 0 aromatic carbocycles. The van der Waals surface area contributed by atoms with Crippen molar-refractivity contribution in [3.63, 3.8) is 0 Å². The monoisotopic (exact) mass is 98.1 g/mol. The molecule has 0 unspecified atom stereocenters. The Morgan fingerprint density at radius 2 is 2.57 bits per heavy atom. The Kier molecular flexibility index (Phi) is 1.04. The van der Waals surface area contributed by atoms with E-state index in [-0.39, 0.29) is 0 Å². The van der Waals surface area contributed by atoms with Crippen LogP contribution in [0.2, 0.25) is 0 Å². The van der Waals surface area contributed by atoms with Gasteiger partial charge in [0.25, 0.3) is 0 Å². The summed E-state index contributed by atoms with van der Waals surface area (Å²) >= 11 is 0. The highest BCUT2D eigenvalue weighted by Crippen LogP contribution is 1.90. The molecular formula is C3H6N4. The second kappa shape index (κ2) is 1.70. The summed E-state index contributed by atoms with van der Waals surface area (Å²) in [5.41, 5.74) is 0. The zero-order chi connectivity index (χ0) is 5.11. The molecule has 7 heavy (non-hydrogen) atoms. The first-order valence-electron chi connectivity index (χ1n) is 1.97. The lowest BCUT2D eigenvalue weighted by molar-refractivity contribution is 0.375. The number of nitrogens with zero attached hydrogens (tertiary/aromatic N) is 3. The van der Waals surface area contributed by atoms with E-state index in [1.54, 1.807) is 6.20 Å². The maximum atomic E-state index is 5.12. The molecule has 0 atom stereocenters. The van der Waals surface area contributed by atoms with E-state index in [1.807, 2.05) is 6.08 Å². The molecule has 0 aliphatic carbocycles. The van der Waals surface area contributed by atoms with Crippen LogP contribution < -0.4 is 5.84 Å². The Morgan fingerprint density at radius 1 is 1.71 bits per heavy atom. The van der Waals surface area contributed by atoms with E-state index >= 15 is 0 Å². The van der Waals surface area contributed by atoms with Crippen molar-refractivity contribution in [2.24, 2.45) is 16.2 Å². The van der Waals surface area contributed by atoms with Crippen LogP contribution in [0.4, 0.5) is 0 Å². The zero-order valence-electron chi connectivity index (χ0n) is 3.78. The van der Waals surface area contributed by atoms with Gasteiger partial charge in [-0.05, 0) is 6.08 Å². The molecule has 4 nitrogen and oxygen atoms in total. The van der Waals surface area contributed by atoms with Gasteiger partial charge in [-0.2, -0.15) is 10.2 Å². The molecule has 0 saturated heterocycles. The second-order valence-electron chi connectivity index (χ2n) is 1.18. The summed E-state index contributed by atoms with van der Waals surface area (Å²) in [6, 6.07) is 0. The molecule has 0 amide bonds. The van der Waals surface area contributed by atoms with Gasteiger partial charge >= 0.3 is 0 Å². The minimum atomic E-state index is 0.647. The molecule has 0 saturated carbocycles. The van der Waals surface area contributed by atoms with Gasteiger partial charge in [0.2, 0.25) is 0 Å². The van der Waals surface area contributed by atoms with Gasteiger partial charge in [0, 0.05) is 6.20 Å². The fraction of sp³-hybridized carbons (Fsp3) is 0.333. The van der Waals surface area contributed by atoms with E-state index in [4.69, 9.17) is 5.84 Å². The molecular weight excluding hydrogens is 92.1 g/mol. The van der Waals surface area contributed by atoms with Crippen molar-refractivity contribution in [1.29, 1.82) is 0 Å². The van der Waals surface area contributed by atoms with Crippen LogP contribution in [0.3, 0.4) is 0 Å². The van der Waals surface area contributed by atoms with Crippen molar-refractivity contribution in [2.75, 3.05) is 6.54 Å². The number of rotatable bonds is 0. The number of hydrogen-bond acceptors (Lipinski definition) is 4. The van der Waals surface area contributed by atoms with Crippen LogP contribution in [-0.4, -0.2) is 11.7 Å². The van der Waals surface area contributed by atoms with Crippen LogP contribution in [0.1, 0.15) is 0 Å². The summed E-state index contributed by atoms with van der Waals surface area (Å²) in [4.78, 5) is 0. The van der Waals surface area contributed by atoms with Gasteiger partial charge in [-0.15, -0.1) is 0 Å². The summed E-state index contributed by atoms with van der Waals surface area (Å²) in [7, 11) is 0. The van der Waals surface area contributed by atoms with Crippen molar-refractivity contribution in [3.8, 4) is 0 Å². The highest BCUT2D eigenvalue weighted by atomic mass is 15.7. The molecule has 0 aromatic heterocycles. The summed E-state index contributed by atoms with van der Waals surface area (Å²) in [5.74, 6) is 5.12. The number of hydrogen-bond donors (Lipinski definition) is 1. The third-order valence-electron chi connectivity index (χ3n) is 0.612. The Bertz CT molecular complexity index is 93.5. The maximum absolute atomic E-state index is 5.12. The first-order valence-corrected chi connectivity index (χ1v) is 1.97. The number of nitrogens with two attached hydrogens (primary N) is 1. The highest BCUT2D eigenvalue weighted by Gasteiger charge is 1.87. The van der Waals surface area contributed by atoms with Gasteiger partial charge in [0.15, 0.2) is 0 Å². The Balaban J connectivity index is 2.49. The number of hydrazine groups is 1. The summed E-state index contributed by atoms with van der Waals surface area (Å²) < 4.78 is 0. The standard InChI is InChI=1S/C3H6N4/c4-7-3-1-2-5-6-7/h1,3H,2,4H2. The summed E-state index contributed by atoms with van der Waals surface area (Å²) in [6.45, 7) is 0.647. The van der Waals surface area contributed by atoms with Crippen molar-refractivity contribution in [3.05, 3.63) is 12.3 Å². The van der Waals surface area contributed by atoms with E-state index in [9.17, 15) is 0 Å². The molecule has 1 aliphatic heterocycles. The lowest BCUT2D eigenvalue weighted by atomic mass is 10.6. The molecule has 0 radical (unpaired) electrons. The van der Waals surface area contributed by atoms with Gasteiger partial charge < -0.3 is 0 Å². The average molecular weight is 98.1 g/mol. The molecule has 1 rings (SSSR count). The van der Waals surface area contributed by atoms with Crippen LogP contribution in [0, 0.1) is 0 Å². The predicted octanol–water partition coefficient (Wildman–Crippen LogP) is 0.0566. The Labute approximate surface area is 41.3 Å². The topological polar surface area (TPSA) is 54.0 Å². The van der Waals surface area contributed by atoms with Crippen molar-refractivity contribution >= 4 is 0 Å². The van der Waals surface area contributed by atoms with Crippen LogP contribution >= 0.6 is 0 Å². The minimum absolute atomic E-state index is 0.647. The Morgan fingerprint density at radius 3 is 2.86 bits per heavy atom. The van der Waals surface area contributed by atoms with Crippen LogP contribution in [0.15, 0.2) is 22.6 Å². The van der Waals surface area contributed by atoms with E-state index in [0.717, 1.165) is 0 Å². The van der Waals surface area contributed by atoms with Gasteiger partial charge in [0.1, 0.15) is 0 Å². The first kappa shape index (κ1) is 4.26. The summed E-state index contributed by atoms with van der Waals surface area (Å²) in [5, 5.41) is 8.25. The SMILES string of the molecule is NN1C=CCN=N1. The Hall–Kier alpha value is -0.900. The molecule has 1 heterocycles. The molecule has 2 N–H and O–H groups in total. The average Bonchev–Trinajstić information content (AvgIpc) is 1.69. The van der Waals surface area contributed by atoms with Gasteiger partial charge in [-0.1, -0.05) is 5.22 Å². The highest BCUT2D eigenvalue weighted by molar-refractivity contribution is 4.82. The fourth-order valence-electron chi connectivity index (χ4n) is 0.342. The third-order valence-corrected chi connectivity index (χ3v) is 0.612. The minimum Gasteiger partial charge on any atom is -0.226 e. The lowest BCUT2D eigenvalue weighted by Crippen LogP contribution is -2.18. The smallest absolute Gasteiger partial charge is 0.0820 e. The molecule has 38 valence electrons. The fourth-order valence-corrected chi connectivity index (χ4v) is 0.342. The molecule has 0 aromatic rings. The summed E-state index contributed by atoms with van der Waals surface area (Å²) in [6.07, 6.45) is 3.49. The maximum Gasteiger partial charge on any atom is 0.0820 e. The van der Waals surface area contributed by atoms with E-state index in [1.165, 1.54) is 5.12 Å².